The summed E-state index contributed by atoms with van der Waals surface area (Å²) in [4.78, 5) is 13.6. The summed E-state index contributed by atoms with van der Waals surface area (Å²) in [5.41, 5.74) is 3.88. The Hall–Kier alpha value is -2.31. The van der Waals surface area contributed by atoms with Gasteiger partial charge in [-0.3, -0.25) is 4.79 Å². The van der Waals surface area contributed by atoms with E-state index in [1.165, 1.54) is 6.07 Å². The van der Waals surface area contributed by atoms with Crippen LogP contribution in [-0.2, 0) is 28.5 Å². The Morgan fingerprint density at radius 1 is 1.09 bits per heavy atom. The molecular formula is C27H26ClF3O3. The summed E-state index contributed by atoms with van der Waals surface area (Å²) in [5.74, 6) is -1.64. The summed E-state index contributed by atoms with van der Waals surface area (Å²) in [5, 5.41) is 11.6. The number of fused-ring (bicyclic) bond motifs is 5. The van der Waals surface area contributed by atoms with Crippen molar-refractivity contribution >= 4 is 23.0 Å². The quantitative estimate of drug-likeness (QED) is 0.511. The number of carbonyl (C=O) groups is 1. The third-order valence-electron chi connectivity index (χ3n) is 7.66. The van der Waals surface area contributed by atoms with E-state index in [4.69, 9.17) is 16.3 Å². The van der Waals surface area contributed by atoms with Crippen molar-refractivity contribution in [3.63, 3.8) is 0 Å². The number of hydrogen-bond donors (Lipinski definition) is 1. The largest absolute Gasteiger partial charge is 0.511 e. The first kappa shape index (κ1) is 23.4. The SMILES string of the molecule is CCc1cc(C)cc(CC)c1C1=C(O)[C@@H]2[C@@H]3O[C@@H](C[C@H]3c3cc(C(F)(F)F)ccc3Cl)[C@@H]2C1=O. The lowest BCUT2D eigenvalue weighted by Gasteiger charge is -2.28. The highest BCUT2D eigenvalue weighted by atomic mass is 35.5. The predicted molar refractivity (Wildman–Crippen MR) is 124 cm³/mol. The van der Waals surface area contributed by atoms with Crippen molar-refractivity contribution in [3.05, 3.63) is 74.5 Å². The normalized spacial score (nSPS) is 28.2. The van der Waals surface area contributed by atoms with Gasteiger partial charge in [-0.25, -0.2) is 0 Å². The lowest BCUT2D eigenvalue weighted by Crippen LogP contribution is -2.33. The number of hydrogen-bond acceptors (Lipinski definition) is 3. The molecule has 2 heterocycles. The van der Waals surface area contributed by atoms with Crippen LogP contribution in [0.3, 0.4) is 0 Å². The van der Waals surface area contributed by atoms with Crippen LogP contribution in [0.4, 0.5) is 13.2 Å². The average Bonchev–Trinajstić information content (AvgIpc) is 3.44. The van der Waals surface area contributed by atoms with E-state index in [2.05, 4.69) is 0 Å². The smallest absolute Gasteiger partial charge is 0.416 e. The number of ketones is 1. The molecule has 0 saturated carbocycles. The van der Waals surface area contributed by atoms with Crippen molar-refractivity contribution in [2.45, 2.75) is 64.3 Å². The third kappa shape index (κ3) is 3.41. The van der Waals surface area contributed by atoms with Gasteiger partial charge in [-0.2, -0.15) is 13.2 Å². The van der Waals surface area contributed by atoms with Crippen LogP contribution in [0.25, 0.3) is 5.57 Å². The van der Waals surface area contributed by atoms with Crippen molar-refractivity contribution in [2.75, 3.05) is 0 Å². The number of aryl methyl sites for hydroxylation is 3. The van der Waals surface area contributed by atoms with Crippen LogP contribution >= 0.6 is 11.6 Å². The molecule has 5 atom stereocenters. The number of carbonyl (C=O) groups excluding carboxylic acids is 1. The second-order valence-corrected chi connectivity index (χ2v) is 9.96. The van der Waals surface area contributed by atoms with Crippen LogP contribution in [-0.4, -0.2) is 23.1 Å². The van der Waals surface area contributed by atoms with Gasteiger partial charge in [0.1, 0.15) is 5.76 Å². The van der Waals surface area contributed by atoms with E-state index in [0.717, 1.165) is 47.2 Å². The van der Waals surface area contributed by atoms with Gasteiger partial charge in [-0.05, 0) is 66.6 Å². The molecule has 5 rings (SSSR count). The zero-order valence-corrected chi connectivity index (χ0v) is 19.9. The molecule has 0 unspecified atom stereocenters. The molecule has 0 spiro atoms. The van der Waals surface area contributed by atoms with E-state index in [9.17, 15) is 23.1 Å². The van der Waals surface area contributed by atoms with Crippen molar-refractivity contribution in [3.8, 4) is 0 Å². The van der Waals surface area contributed by atoms with Crippen molar-refractivity contribution in [2.24, 2.45) is 11.8 Å². The average molecular weight is 491 g/mol. The Kier molecular flexibility index (Phi) is 5.60. The maximum Gasteiger partial charge on any atom is 0.416 e. The lowest BCUT2D eigenvalue weighted by molar-refractivity contribution is -0.137. The molecule has 0 radical (unpaired) electrons. The molecular weight excluding hydrogens is 465 g/mol. The minimum absolute atomic E-state index is 0.00329. The molecule has 2 bridgehead atoms. The number of allylic oxidation sites excluding steroid dienone is 1. The molecule has 3 aliphatic rings. The topological polar surface area (TPSA) is 46.5 Å². The molecule has 0 amide bonds. The predicted octanol–water partition coefficient (Wildman–Crippen LogP) is 6.83. The fourth-order valence-electron chi connectivity index (χ4n) is 6.24. The highest BCUT2D eigenvalue weighted by Crippen LogP contribution is 2.59. The molecule has 2 fully saturated rings. The van der Waals surface area contributed by atoms with E-state index < -0.39 is 41.7 Å². The van der Waals surface area contributed by atoms with E-state index in [1.807, 2.05) is 32.9 Å². The fourth-order valence-corrected chi connectivity index (χ4v) is 6.49. The highest BCUT2D eigenvalue weighted by Gasteiger charge is 2.63. The Labute approximate surface area is 201 Å². The van der Waals surface area contributed by atoms with Gasteiger partial charge in [0.2, 0.25) is 0 Å². The number of halogens is 4. The lowest BCUT2D eigenvalue weighted by atomic mass is 9.72. The summed E-state index contributed by atoms with van der Waals surface area (Å²) in [7, 11) is 0. The van der Waals surface area contributed by atoms with Crippen molar-refractivity contribution in [1.82, 2.24) is 0 Å². The van der Waals surface area contributed by atoms with E-state index in [-0.39, 0.29) is 16.6 Å². The monoisotopic (exact) mass is 490 g/mol. The first-order chi connectivity index (χ1) is 16.1. The molecule has 2 aliphatic heterocycles. The second kappa shape index (κ2) is 8.13. The zero-order valence-electron chi connectivity index (χ0n) is 19.2. The van der Waals surface area contributed by atoms with Gasteiger partial charge in [0.25, 0.3) is 0 Å². The first-order valence-corrected chi connectivity index (χ1v) is 12.1. The summed E-state index contributed by atoms with van der Waals surface area (Å²) >= 11 is 6.33. The molecule has 3 nitrogen and oxygen atoms in total. The van der Waals surface area contributed by atoms with Gasteiger partial charge in [0, 0.05) is 10.9 Å². The first-order valence-electron chi connectivity index (χ1n) is 11.7. The molecule has 34 heavy (non-hydrogen) atoms. The zero-order chi connectivity index (χ0) is 24.5. The number of ether oxygens (including phenoxy) is 1. The van der Waals surface area contributed by atoms with Gasteiger partial charge in [0.15, 0.2) is 5.78 Å². The fraction of sp³-hybridized carbons (Fsp3) is 0.444. The van der Waals surface area contributed by atoms with E-state index in [1.54, 1.807) is 0 Å². The standard InChI is InChI=1S/C27H26ClF3O3/c1-4-13-8-12(3)9-14(5-2)20(13)22-24(32)21-19-11-17(26(34-19)23(21)25(22)33)16-10-15(27(29,30)31)6-7-18(16)28/h6-10,17,19,21,23,26,33H,4-5,11H2,1-3H3/t17-,19-,21-,23+,26+/m0/s1. The van der Waals surface area contributed by atoms with Gasteiger partial charge in [-0.1, -0.05) is 43.1 Å². The molecule has 2 saturated heterocycles. The van der Waals surface area contributed by atoms with Crippen molar-refractivity contribution in [1.29, 1.82) is 0 Å². The Bertz CT molecular complexity index is 1190. The molecule has 180 valence electrons. The second-order valence-electron chi connectivity index (χ2n) is 9.56. The van der Waals surface area contributed by atoms with Crippen LogP contribution in [0.5, 0.6) is 0 Å². The summed E-state index contributed by atoms with van der Waals surface area (Å²) in [6, 6.07) is 7.40. The summed E-state index contributed by atoms with van der Waals surface area (Å²) < 4.78 is 46.1. The van der Waals surface area contributed by atoms with Crippen LogP contribution in [0, 0.1) is 18.8 Å². The Balaban J connectivity index is 1.59. The molecule has 2 aromatic carbocycles. The van der Waals surface area contributed by atoms with E-state index in [0.29, 0.717) is 17.6 Å². The summed E-state index contributed by atoms with van der Waals surface area (Å²) in [6.45, 7) is 6.06. The van der Waals surface area contributed by atoms with Gasteiger partial charge in [0.05, 0.1) is 35.2 Å². The Morgan fingerprint density at radius 2 is 1.74 bits per heavy atom. The van der Waals surface area contributed by atoms with Crippen LogP contribution in [0.2, 0.25) is 5.02 Å². The molecule has 7 heteroatoms. The maximum atomic E-state index is 13.6. The van der Waals surface area contributed by atoms with Crippen LogP contribution in [0.15, 0.2) is 36.1 Å². The van der Waals surface area contributed by atoms with Crippen LogP contribution < -0.4 is 0 Å². The molecule has 1 N–H and O–H groups in total. The van der Waals surface area contributed by atoms with Crippen LogP contribution in [0.1, 0.15) is 59.6 Å². The highest BCUT2D eigenvalue weighted by molar-refractivity contribution is 6.31. The molecule has 1 aliphatic carbocycles. The van der Waals surface area contributed by atoms with Crippen molar-refractivity contribution < 1.29 is 27.8 Å². The number of aliphatic hydroxyl groups excluding tert-OH is 1. The number of aliphatic hydroxyl groups is 1. The van der Waals surface area contributed by atoms with Gasteiger partial charge < -0.3 is 9.84 Å². The minimum Gasteiger partial charge on any atom is -0.511 e. The van der Waals surface area contributed by atoms with Gasteiger partial charge in [-0.15, -0.1) is 0 Å². The Morgan fingerprint density at radius 3 is 2.32 bits per heavy atom. The summed E-state index contributed by atoms with van der Waals surface area (Å²) in [6.07, 6.45) is -3.72. The number of rotatable bonds is 4. The minimum atomic E-state index is -4.49. The number of benzene rings is 2. The maximum absolute atomic E-state index is 13.6. The van der Waals surface area contributed by atoms with Gasteiger partial charge >= 0.3 is 6.18 Å². The van der Waals surface area contributed by atoms with E-state index >= 15 is 0 Å². The molecule has 0 aromatic heterocycles. The number of alkyl halides is 3. The third-order valence-corrected chi connectivity index (χ3v) is 8.00. The molecule has 2 aromatic rings. The number of Topliss-reactive ketones (excluding diaryl/α,β-unsaturated/α-hetero) is 1.